The fourth-order valence-electron chi connectivity index (χ4n) is 3.57. The molecule has 0 amide bonds. The van der Waals surface area contributed by atoms with Crippen LogP contribution in [-0.2, 0) is 16.0 Å². The van der Waals surface area contributed by atoms with Gasteiger partial charge in [0.25, 0.3) is 0 Å². The van der Waals surface area contributed by atoms with Gasteiger partial charge in [0.2, 0.25) is 0 Å². The molecule has 2 unspecified atom stereocenters. The van der Waals surface area contributed by atoms with Gasteiger partial charge in [0.15, 0.2) is 11.6 Å². The minimum atomic E-state index is -1.26. The number of aromatic nitrogens is 2. The number of rotatable bonds is 6. The molecular weight excluding hydrogens is 369 g/mol. The monoisotopic (exact) mass is 391 g/mol. The number of hydrogen-bond donors (Lipinski definition) is 3. The molecule has 0 bridgehead atoms. The topological polar surface area (TPSA) is 116 Å². The third-order valence-electron chi connectivity index (χ3n) is 5.07. The van der Waals surface area contributed by atoms with Crippen LogP contribution < -0.4 is 4.74 Å². The molecule has 3 N–H and O–H groups in total. The maximum atomic E-state index is 13.6. The smallest absolute Gasteiger partial charge is 0.328 e. The predicted octanol–water partition coefficient (Wildman–Crippen LogP) is 2.06. The average Bonchev–Trinajstić information content (AvgIpc) is 3.17. The Bertz CT molecular complexity index is 894. The summed E-state index contributed by atoms with van der Waals surface area (Å²) in [6.07, 6.45) is 4.77. The molecule has 0 radical (unpaired) electrons. The molecule has 2 aromatic rings. The molecular formula is C19H22FN3O5. The number of nitrogens with zero attached hydrogens (tertiary/aromatic N) is 2. The Morgan fingerprint density at radius 1 is 1.36 bits per heavy atom. The molecule has 2 fully saturated rings. The van der Waals surface area contributed by atoms with Gasteiger partial charge in [0, 0.05) is 48.3 Å². The normalized spacial score (nSPS) is 20.6. The number of H-pyrrole nitrogens is 1. The van der Waals surface area contributed by atoms with E-state index in [0.717, 1.165) is 36.0 Å². The second-order valence-corrected chi connectivity index (χ2v) is 6.85. The van der Waals surface area contributed by atoms with Gasteiger partial charge < -0.3 is 14.9 Å². The number of ether oxygens (including phenoxy) is 1. The average molecular weight is 391 g/mol. The molecule has 1 aliphatic heterocycles. The van der Waals surface area contributed by atoms with Crippen LogP contribution in [0, 0.1) is 11.7 Å². The Hall–Kier alpha value is -2.94. The molecule has 1 saturated heterocycles. The summed E-state index contributed by atoms with van der Waals surface area (Å²) in [5, 5.41) is 23.8. The standard InChI is InChI=1S/C15H18FN3O.C4H4O4/c1-20-15-7-10-12(17-18-13(10)8-11(15)16)3-5-19-4-2-9-6-14(9)19;5-3(6)1-2-4(7)8/h7-9,14H,2-6H2,1H3,(H,17,18);1-2H,(H,5,6)(H,7,8)/b;2-1+. The summed E-state index contributed by atoms with van der Waals surface area (Å²) in [6, 6.07) is 4.00. The number of carboxylic acid groups (broad SMARTS) is 2. The summed E-state index contributed by atoms with van der Waals surface area (Å²) in [5.74, 6) is -1.63. The predicted molar refractivity (Wildman–Crippen MR) is 98.8 cm³/mol. The van der Waals surface area contributed by atoms with Crippen molar-refractivity contribution in [2.75, 3.05) is 20.2 Å². The van der Waals surface area contributed by atoms with Crippen molar-refractivity contribution < 1.29 is 28.9 Å². The zero-order valence-electron chi connectivity index (χ0n) is 15.4. The Morgan fingerprint density at radius 2 is 2.07 bits per heavy atom. The van der Waals surface area contributed by atoms with Gasteiger partial charge >= 0.3 is 11.9 Å². The van der Waals surface area contributed by atoms with Crippen molar-refractivity contribution in [3.63, 3.8) is 0 Å². The third-order valence-corrected chi connectivity index (χ3v) is 5.07. The van der Waals surface area contributed by atoms with E-state index in [1.54, 1.807) is 6.07 Å². The van der Waals surface area contributed by atoms with Crippen molar-refractivity contribution in [1.82, 2.24) is 15.1 Å². The fourth-order valence-corrected chi connectivity index (χ4v) is 3.57. The van der Waals surface area contributed by atoms with E-state index in [-0.39, 0.29) is 11.6 Å². The first kappa shape index (κ1) is 19.8. The number of fused-ring (bicyclic) bond motifs is 2. The number of aliphatic carboxylic acids is 2. The van der Waals surface area contributed by atoms with E-state index in [1.165, 1.54) is 32.6 Å². The number of halogens is 1. The Morgan fingerprint density at radius 3 is 2.61 bits per heavy atom. The maximum absolute atomic E-state index is 13.6. The number of piperidine rings is 1. The molecule has 2 aliphatic rings. The summed E-state index contributed by atoms with van der Waals surface area (Å²) in [6.45, 7) is 2.28. The number of aromatic amines is 1. The van der Waals surface area contributed by atoms with Gasteiger partial charge in [-0.25, -0.2) is 14.0 Å². The molecule has 8 nitrogen and oxygen atoms in total. The van der Waals surface area contributed by atoms with E-state index in [4.69, 9.17) is 14.9 Å². The second-order valence-electron chi connectivity index (χ2n) is 6.85. The highest BCUT2D eigenvalue weighted by atomic mass is 19.1. The second kappa shape index (κ2) is 8.39. The minimum absolute atomic E-state index is 0.281. The lowest BCUT2D eigenvalue weighted by Crippen LogP contribution is -2.25. The number of benzene rings is 1. The number of carboxylic acids is 2. The Balaban J connectivity index is 0.000000242. The van der Waals surface area contributed by atoms with E-state index < -0.39 is 11.9 Å². The van der Waals surface area contributed by atoms with Gasteiger partial charge in [-0.3, -0.25) is 10.00 Å². The molecule has 1 saturated carbocycles. The number of hydrogen-bond acceptors (Lipinski definition) is 5. The number of nitrogens with one attached hydrogen (secondary N) is 1. The van der Waals surface area contributed by atoms with Gasteiger partial charge in [0.05, 0.1) is 12.6 Å². The molecule has 2 atom stereocenters. The lowest BCUT2D eigenvalue weighted by molar-refractivity contribution is -0.134. The van der Waals surface area contributed by atoms with E-state index in [9.17, 15) is 14.0 Å². The highest BCUT2D eigenvalue weighted by Crippen LogP contribution is 2.44. The van der Waals surface area contributed by atoms with E-state index in [2.05, 4.69) is 15.1 Å². The van der Waals surface area contributed by atoms with Gasteiger partial charge in [-0.15, -0.1) is 0 Å². The molecule has 4 rings (SSSR count). The van der Waals surface area contributed by atoms with E-state index in [0.29, 0.717) is 17.7 Å². The van der Waals surface area contributed by atoms with Crippen molar-refractivity contribution in [3.8, 4) is 5.75 Å². The summed E-state index contributed by atoms with van der Waals surface area (Å²) in [4.78, 5) is 21.7. The highest BCUT2D eigenvalue weighted by Gasteiger charge is 2.46. The van der Waals surface area contributed by atoms with Gasteiger partial charge in [-0.1, -0.05) is 0 Å². The molecule has 1 aromatic carbocycles. The van der Waals surface area contributed by atoms with Crippen LogP contribution in [0.5, 0.6) is 5.75 Å². The van der Waals surface area contributed by atoms with Crippen LogP contribution in [0.25, 0.3) is 10.9 Å². The molecule has 1 aliphatic carbocycles. The third kappa shape index (κ3) is 4.66. The van der Waals surface area contributed by atoms with Crippen molar-refractivity contribution in [3.05, 3.63) is 35.8 Å². The van der Waals surface area contributed by atoms with Crippen LogP contribution in [0.1, 0.15) is 18.5 Å². The SMILES string of the molecule is COc1cc2c(CCN3CCC4CC43)[nH]nc2cc1F.O=C(O)/C=C/C(=O)O. The van der Waals surface area contributed by atoms with E-state index >= 15 is 0 Å². The number of likely N-dealkylation sites (tertiary alicyclic amines) is 1. The lowest BCUT2D eigenvalue weighted by atomic mass is 10.1. The van der Waals surface area contributed by atoms with Crippen LogP contribution in [-0.4, -0.2) is 63.5 Å². The molecule has 1 aromatic heterocycles. The fraction of sp³-hybridized carbons (Fsp3) is 0.421. The Labute approximate surface area is 160 Å². The zero-order chi connectivity index (χ0) is 20.3. The summed E-state index contributed by atoms with van der Waals surface area (Å²) in [5.41, 5.74) is 1.74. The van der Waals surface area contributed by atoms with Crippen molar-refractivity contribution in [1.29, 1.82) is 0 Å². The number of carbonyl (C=O) groups is 2. The van der Waals surface area contributed by atoms with Gasteiger partial charge in [-0.2, -0.15) is 5.10 Å². The van der Waals surface area contributed by atoms with Crippen LogP contribution in [0.15, 0.2) is 24.3 Å². The Kier molecular flexibility index (Phi) is 5.93. The molecule has 2 heterocycles. The molecule has 28 heavy (non-hydrogen) atoms. The zero-order valence-corrected chi connectivity index (χ0v) is 15.4. The largest absolute Gasteiger partial charge is 0.494 e. The summed E-state index contributed by atoms with van der Waals surface area (Å²) < 4.78 is 18.7. The summed E-state index contributed by atoms with van der Waals surface area (Å²) >= 11 is 0. The van der Waals surface area contributed by atoms with Crippen molar-refractivity contribution >= 4 is 22.8 Å². The lowest BCUT2D eigenvalue weighted by Gasteiger charge is -2.16. The van der Waals surface area contributed by atoms with Crippen LogP contribution in [0.2, 0.25) is 0 Å². The highest BCUT2D eigenvalue weighted by molar-refractivity contribution is 5.89. The van der Waals surface area contributed by atoms with E-state index in [1.807, 2.05) is 0 Å². The molecule has 0 spiro atoms. The van der Waals surface area contributed by atoms with Crippen molar-refractivity contribution in [2.45, 2.75) is 25.3 Å². The molecule has 9 heteroatoms. The molecule has 150 valence electrons. The number of methoxy groups -OCH3 is 1. The first-order valence-corrected chi connectivity index (χ1v) is 8.97. The first-order chi connectivity index (χ1) is 13.4. The minimum Gasteiger partial charge on any atom is -0.494 e. The van der Waals surface area contributed by atoms with Crippen molar-refractivity contribution in [2.24, 2.45) is 5.92 Å². The maximum Gasteiger partial charge on any atom is 0.328 e. The first-order valence-electron chi connectivity index (χ1n) is 8.97. The summed E-state index contributed by atoms with van der Waals surface area (Å²) in [7, 11) is 1.49. The van der Waals surface area contributed by atoms with Crippen LogP contribution in [0.3, 0.4) is 0 Å². The van der Waals surface area contributed by atoms with Crippen LogP contribution in [0.4, 0.5) is 4.39 Å². The van der Waals surface area contributed by atoms with Crippen LogP contribution >= 0.6 is 0 Å². The van der Waals surface area contributed by atoms with Gasteiger partial charge in [0.1, 0.15) is 0 Å². The quantitative estimate of drug-likeness (QED) is 0.646. The van der Waals surface area contributed by atoms with Gasteiger partial charge in [-0.05, 0) is 31.4 Å².